The highest BCUT2D eigenvalue weighted by Crippen LogP contribution is 2.32. The molecule has 1 N–H and O–H groups in total. The average Bonchev–Trinajstić information content (AvgIpc) is 3.12. The Labute approximate surface area is 154 Å². The lowest BCUT2D eigenvalue weighted by Gasteiger charge is -2.07. The summed E-state index contributed by atoms with van der Waals surface area (Å²) >= 11 is 0. The van der Waals surface area contributed by atoms with Crippen LogP contribution >= 0.6 is 0 Å². The number of hydrogen-bond acceptors (Lipinski definition) is 2. The van der Waals surface area contributed by atoms with E-state index in [9.17, 15) is 18.0 Å². The molecule has 0 saturated heterocycles. The number of aryl methyl sites for hydroxylation is 2. The maximum absolute atomic E-state index is 12.8. The van der Waals surface area contributed by atoms with Crippen molar-refractivity contribution >= 4 is 5.91 Å². The summed E-state index contributed by atoms with van der Waals surface area (Å²) in [5.41, 5.74) is 2.75. The van der Waals surface area contributed by atoms with E-state index in [0.717, 1.165) is 23.3 Å². The Hall–Kier alpha value is -3.02. The molecule has 140 valence electrons. The zero-order valence-corrected chi connectivity index (χ0v) is 14.9. The number of amides is 1. The monoisotopic (exact) mass is 373 g/mol. The fourth-order valence-corrected chi connectivity index (χ4v) is 2.65. The number of nitrogens with one attached hydrogen (secondary N) is 1. The summed E-state index contributed by atoms with van der Waals surface area (Å²) in [6.45, 7) is 4.34. The Morgan fingerprint density at radius 3 is 2.48 bits per heavy atom. The van der Waals surface area contributed by atoms with Gasteiger partial charge in [-0.2, -0.15) is 13.2 Å². The molecule has 0 atom stereocenters. The van der Waals surface area contributed by atoms with Crippen LogP contribution in [-0.4, -0.2) is 5.91 Å². The molecule has 1 aromatic heterocycles. The second-order valence-corrected chi connectivity index (χ2v) is 6.34. The van der Waals surface area contributed by atoms with Gasteiger partial charge in [0, 0.05) is 12.1 Å². The SMILES string of the molecule is Cc1ccc(CNC(=O)c2ccc(-c3cccc(C(F)(F)F)c3)o2)cc1C. The Morgan fingerprint density at radius 2 is 1.78 bits per heavy atom. The van der Waals surface area contributed by atoms with Crippen molar-refractivity contribution in [1.82, 2.24) is 5.32 Å². The zero-order valence-electron chi connectivity index (χ0n) is 14.9. The van der Waals surface area contributed by atoms with Crippen molar-refractivity contribution in [1.29, 1.82) is 0 Å². The molecule has 0 bridgehead atoms. The first-order valence-electron chi connectivity index (χ1n) is 8.36. The molecule has 0 spiro atoms. The Morgan fingerprint density at radius 1 is 1.00 bits per heavy atom. The maximum atomic E-state index is 12.8. The highest BCUT2D eigenvalue weighted by molar-refractivity contribution is 5.92. The first-order valence-corrected chi connectivity index (χ1v) is 8.36. The first-order chi connectivity index (χ1) is 12.7. The van der Waals surface area contributed by atoms with Gasteiger partial charge in [0.2, 0.25) is 0 Å². The van der Waals surface area contributed by atoms with E-state index in [2.05, 4.69) is 5.32 Å². The van der Waals surface area contributed by atoms with Gasteiger partial charge in [0.15, 0.2) is 5.76 Å². The van der Waals surface area contributed by atoms with Crippen molar-refractivity contribution in [3.63, 3.8) is 0 Å². The van der Waals surface area contributed by atoms with Crippen molar-refractivity contribution < 1.29 is 22.4 Å². The summed E-state index contributed by atoms with van der Waals surface area (Å²) in [6, 6.07) is 13.6. The highest BCUT2D eigenvalue weighted by atomic mass is 19.4. The van der Waals surface area contributed by atoms with Crippen LogP contribution in [0.5, 0.6) is 0 Å². The summed E-state index contributed by atoms with van der Waals surface area (Å²) in [5.74, 6) is -0.171. The number of halogens is 3. The van der Waals surface area contributed by atoms with Crippen LogP contribution in [-0.2, 0) is 12.7 Å². The van der Waals surface area contributed by atoms with Crippen LogP contribution < -0.4 is 5.32 Å². The van der Waals surface area contributed by atoms with Crippen LogP contribution in [0.2, 0.25) is 0 Å². The molecule has 0 unspecified atom stereocenters. The number of hydrogen-bond donors (Lipinski definition) is 1. The number of carbonyl (C=O) groups excluding carboxylic acids is 1. The van der Waals surface area contributed by atoms with Gasteiger partial charge in [-0.05, 0) is 54.8 Å². The van der Waals surface area contributed by atoms with Gasteiger partial charge in [0.05, 0.1) is 5.56 Å². The largest absolute Gasteiger partial charge is 0.451 e. The van der Waals surface area contributed by atoms with E-state index in [-0.39, 0.29) is 17.1 Å². The fraction of sp³-hybridized carbons (Fsp3) is 0.190. The van der Waals surface area contributed by atoms with E-state index in [1.54, 1.807) is 0 Å². The molecule has 0 aliphatic rings. The standard InChI is InChI=1S/C21H18F3NO2/c1-13-6-7-15(10-14(13)2)12-25-20(26)19-9-8-18(27-19)16-4-3-5-17(11-16)21(22,23)24/h3-11H,12H2,1-2H3,(H,25,26). The van der Waals surface area contributed by atoms with Crippen molar-refractivity contribution in [2.75, 3.05) is 0 Å². The van der Waals surface area contributed by atoms with Gasteiger partial charge in [-0.3, -0.25) is 4.79 Å². The topological polar surface area (TPSA) is 42.2 Å². The normalized spacial score (nSPS) is 11.4. The molecule has 3 nitrogen and oxygen atoms in total. The summed E-state index contributed by atoms with van der Waals surface area (Å²) in [7, 11) is 0. The quantitative estimate of drug-likeness (QED) is 0.655. The van der Waals surface area contributed by atoms with Crippen molar-refractivity contribution in [3.05, 3.63) is 82.6 Å². The number of furan rings is 1. The molecule has 27 heavy (non-hydrogen) atoms. The van der Waals surface area contributed by atoms with E-state index in [1.165, 1.54) is 29.8 Å². The van der Waals surface area contributed by atoms with Crippen LogP contribution in [0.1, 0.15) is 32.8 Å². The summed E-state index contributed by atoms with van der Waals surface area (Å²) in [6.07, 6.45) is -4.44. The number of carbonyl (C=O) groups is 1. The van der Waals surface area contributed by atoms with Crippen LogP contribution in [0.4, 0.5) is 13.2 Å². The first kappa shape index (κ1) is 18.8. The minimum absolute atomic E-state index is 0.0474. The second kappa shape index (κ2) is 7.31. The van der Waals surface area contributed by atoms with Crippen molar-refractivity contribution in [2.45, 2.75) is 26.6 Å². The smallest absolute Gasteiger partial charge is 0.416 e. The molecule has 3 aromatic rings. The minimum Gasteiger partial charge on any atom is -0.451 e. The Bertz CT molecular complexity index is 974. The number of rotatable bonds is 4. The second-order valence-electron chi connectivity index (χ2n) is 6.34. The Kier molecular flexibility index (Phi) is 5.08. The zero-order chi connectivity index (χ0) is 19.6. The third-order valence-corrected chi connectivity index (χ3v) is 4.33. The molecule has 0 aliphatic carbocycles. The summed E-state index contributed by atoms with van der Waals surface area (Å²) in [4.78, 5) is 12.3. The van der Waals surface area contributed by atoms with E-state index < -0.39 is 17.6 Å². The third-order valence-electron chi connectivity index (χ3n) is 4.33. The van der Waals surface area contributed by atoms with Gasteiger partial charge < -0.3 is 9.73 Å². The Balaban J connectivity index is 1.71. The summed E-state index contributed by atoms with van der Waals surface area (Å²) < 4.78 is 44.0. The molecular weight excluding hydrogens is 355 g/mol. The van der Waals surface area contributed by atoms with Gasteiger partial charge in [-0.25, -0.2) is 0 Å². The molecule has 0 saturated carbocycles. The van der Waals surface area contributed by atoms with E-state index in [0.29, 0.717) is 6.54 Å². The number of benzene rings is 2. The van der Waals surface area contributed by atoms with Crippen LogP contribution in [0.3, 0.4) is 0 Å². The van der Waals surface area contributed by atoms with E-state index in [1.807, 2.05) is 32.0 Å². The molecule has 0 fully saturated rings. The molecular formula is C21H18F3NO2. The molecule has 2 aromatic carbocycles. The van der Waals surface area contributed by atoms with E-state index in [4.69, 9.17) is 4.42 Å². The number of alkyl halides is 3. The van der Waals surface area contributed by atoms with Crippen molar-refractivity contribution in [3.8, 4) is 11.3 Å². The molecule has 3 rings (SSSR count). The van der Waals surface area contributed by atoms with Gasteiger partial charge in [-0.1, -0.05) is 30.3 Å². The van der Waals surface area contributed by atoms with Crippen LogP contribution in [0.15, 0.2) is 59.0 Å². The highest BCUT2D eigenvalue weighted by Gasteiger charge is 2.30. The van der Waals surface area contributed by atoms with Crippen LogP contribution in [0, 0.1) is 13.8 Å². The molecule has 1 amide bonds. The predicted octanol–water partition coefficient (Wildman–Crippen LogP) is 5.51. The lowest BCUT2D eigenvalue weighted by Crippen LogP contribution is -2.22. The molecule has 0 aliphatic heterocycles. The lowest BCUT2D eigenvalue weighted by molar-refractivity contribution is -0.137. The minimum atomic E-state index is -4.44. The third kappa shape index (κ3) is 4.39. The van der Waals surface area contributed by atoms with E-state index >= 15 is 0 Å². The lowest BCUT2D eigenvalue weighted by atomic mass is 10.1. The molecule has 6 heteroatoms. The van der Waals surface area contributed by atoms with Gasteiger partial charge in [0.25, 0.3) is 5.91 Å². The van der Waals surface area contributed by atoms with Gasteiger partial charge in [-0.15, -0.1) is 0 Å². The maximum Gasteiger partial charge on any atom is 0.416 e. The molecule has 1 heterocycles. The van der Waals surface area contributed by atoms with Crippen LogP contribution in [0.25, 0.3) is 11.3 Å². The van der Waals surface area contributed by atoms with Gasteiger partial charge >= 0.3 is 6.18 Å². The average molecular weight is 373 g/mol. The molecule has 0 radical (unpaired) electrons. The van der Waals surface area contributed by atoms with Crippen molar-refractivity contribution in [2.24, 2.45) is 0 Å². The van der Waals surface area contributed by atoms with Gasteiger partial charge in [0.1, 0.15) is 5.76 Å². The summed E-state index contributed by atoms with van der Waals surface area (Å²) in [5, 5.41) is 2.75. The fourth-order valence-electron chi connectivity index (χ4n) is 2.65. The predicted molar refractivity (Wildman–Crippen MR) is 96.2 cm³/mol.